The van der Waals surface area contributed by atoms with Crippen molar-refractivity contribution in [2.24, 2.45) is 0 Å². The van der Waals surface area contributed by atoms with Crippen LogP contribution in [0, 0.1) is 11.6 Å². The third-order valence-corrected chi connectivity index (χ3v) is 2.51. The van der Waals surface area contributed by atoms with Gasteiger partial charge >= 0.3 is 12.1 Å². The van der Waals surface area contributed by atoms with Crippen molar-refractivity contribution in [3.8, 4) is 0 Å². The Morgan fingerprint density at radius 2 is 1.84 bits per heavy atom. The zero-order valence-electron chi connectivity index (χ0n) is 9.28. The largest absolute Gasteiger partial charge is 0.478 e. The lowest BCUT2D eigenvalue weighted by atomic mass is 10.1. The molecule has 0 aliphatic carbocycles. The van der Waals surface area contributed by atoms with Crippen LogP contribution in [0.4, 0.5) is 22.0 Å². The van der Waals surface area contributed by atoms with Crippen molar-refractivity contribution in [2.45, 2.75) is 13.1 Å². The fraction of sp³-hybridized carbons (Fsp3) is 0.182. The van der Waals surface area contributed by atoms with Gasteiger partial charge in [0, 0.05) is 11.1 Å². The molecule has 104 valence electrons. The number of hydrogen-bond acceptors (Lipinski definition) is 1. The topological polar surface area (TPSA) is 37.3 Å². The zero-order valence-corrected chi connectivity index (χ0v) is 10.0. The van der Waals surface area contributed by atoms with Crippen LogP contribution in [0.3, 0.4) is 0 Å². The first kappa shape index (κ1) is 15.4. The molecule has 0 aliphatic rings. The minimum Gasteiger partial charge on any atom is -0.478 e. The lowest BCUT2D eigenvalue weighted by Gasteiger charge is -2.11. The Bertz CT molecular complexity index is 563. The van der Waals surface area contributed by atoms with E-state index in [9.17, 15) is 26.7 Å². The highest BCUT2D eigenvalue weighted by Gasteiger charge is 2.37. The first-order chi connectivity index (χ1) is 8.55. The van der Waals surface area contributed by atoms with Crippen molar-refractivity contribution >= 4 is 23.6 Å². The van der Waals surface area contributed by atoms with Crippen molar-refractivity contribution < 1.29 is 31.9 Å². The summed E-state index contributed by atoms with van der Waals surface area (Å²) in [6.45, 7) is 1.06. The third kappa shape index (κ3) is 3.23. The maximum absolute atomic E-state index is 13.5. The number of hydrogen-bond donors (Lipinski definition) is 1. The second kappa shape index (κ2) is 5.16. The average molecular weight is 301 g/mol. The van der Waals surface area contributed by atoms with E-state index in [0.29, 0.717) is 6.08 Å². The molecule has 0 bridgehead atoms. The summed E-state index contributed by atoms with van der Waals surface area (Å²) in [5.74, 6) is -5.41. The van der Waals surface area contributed by atoms with Gasteiger partial charge < -0.3 is 5.11 Å². The lowest BCUT2D eigenvalue weighted by Crippen LogP contribution is -2.11. The molecule has 0 saturated carbocycles. The number of aliphatic carboxylic acids is 1. The fourth-order valence-corrected chi connectivity index (χ4v) is 1.47. The Hall–Kier alpha value is -1.63. The predicted octanol–water partition coefficient (Wildman–Crippen LogP) is 4.12. The Kier molecular flexibility index (Phi) is 4.19. The summed E-state index contributed by atoms with van der Waals surface area (Å²) in [4.78, 5) is 10.5. The first-order valence-corrected chi connectivity index (χ1v) is 5.09. The van der Waals surface area contributed by atoms with E-state index in [1.165, 1.54) is 0 Å². The van der Waals surface area contributed by atoms with E-state index in [-0.39, 0.29) is 6.07 Å². The van der Waals surface area contributed by atoms with E-state index < -0.39 is 45.5 Å². The number of carboxylic acid groups (broad SMARTS) is 1. The standard InChI is InChI=1S/C11H6ClF5O2/c1-4(10(18)19)2-5-7(12)3-6(11(15,16)17)9(14)8(5)13/h2-3H,1H3,(H,18,19)/b4-2+. The van der Waals surface area contributed by atoms with Crippen molar-refractivity contribution in [3.05, 3.63) is 39.4 Å². The van der Waals surface area contributed by atoms with Gasteiger partial charge in [-0.2, -0.15) is 13.2 Å². The number of carboxylic acids is 1. The van der Waals surface area contributed by atoms with E-state index in [1.807, 2.05) is 0 Å². The molecular formula is C11H6ClF5O2. The highest BCUT2D eigenvalue weighted by Crippen LogP contribution is 2.36. The summed E-state index contributed by atoms with van der Waals surface area (Å²) in [5.41, 5.74) is -2.99. The van der Waals surface area contributed by atoms with Crippen LogP contribution in [-0.2, 0) is 11.0 Å². The van der Waals surface area contributed by atoms with Crippen LogP contribution in [0.25, 0.3) is 6.08 Å². The quantitative estimate of drug-likeness (QED) is 0.507. The molecule has 0 aliphatic heterocycles. The maximum atomic E-state index is 13.5. The molecule has 19 heavy (non-hydrogen) atoms. The molecule has 2 nitrogen and oxygen atoms in total. The second-order valence-electron chi connectivity index (χ2n) is 3.58. The summed E-state index contributed by atoms with van der Waals surface area (Å²) in [5, 5.41) is 7.84. The molecule has 8 heteroatoms. The molecule has 1 aromatic rings. The summed E-state index contributed by atoms with van der Waals surface area (Å²) < 4.78 is 63.8. The van der Waals surface area contributed by atoms with E-state index in [1.54, 1.807) is 0 Å². The molecule has 0 saturated heterocycles. The van der Waals surface area contributed by atoms with Crippen LogP contribution in [0.15, 0.2) is 11.6 Å². The summed E-state index contributed by atoms with van der Waals surface area (Å²) in [7, 11) is 0. The molecule has 0 atom stereocenters. The number of rotatable bonds is 2. The molecule has 0 heterocycles. The minimum atomic E-state index is -5.10. The monoisotopic (exact) mass is 300 g/mol. The molecule has 1 N–H and O–H groups in total. The average Bonchev–Trinajstić information content (AvgIpc) is 2.27. The number of benzene rings is 1. The van der Waals surface area contributed by atoms with Crippen LogP contribution in [0.5, 0.6) is 0 Å². The summed E-state index contributed by atoms with van der Waals surface area (Å²) in [6, 6.07) is 0.209. The minimum absolute atomic E-state index is 0.209. The van der Waals surface area contributed by atoms with Gasteiger partial charge in [-0.1, -0.05) is 11.6 Å². The SMILES string of the molecule is C/C(=C\c1c(Cl)cc(C(F)(F)F)c(F)c1F)C(=O)O. The molecule has 0 fully saturated rings. The van der Waals surface area contributed by atoms with Crippen LogP contribution in [-0.4, -0.2) is 11.1 Å². The Morgan fingerprint density at radius 1 is 1.32 bits per heavy atom. The second-order valence-corrected chi connectivity index (χ2v) is 3.99. The molecule has 1 aromatic carbocycles. The van der Waals surface area contributed by atoms with Gasteiger partial charge in [0.05, 0.1) is 10.6 Å². The highest BCUT2D eigenvalue weighted by atomic mass is 35.5. The Morgan fingerprint density at radius 3 is 2.26 bits per heavy atom. The molecular weight excluding hydrogens is 295 g/mol. The van der Waals surface area contributed by atoms with Gasteiger partial charge in [0.1, 0.15) is 0 Å². The Labute approximate surface area is 109 Å². The number of carbonyl (C=O) groups is 1. The summed E-state index contributed by atoms with van der Waals surface area (Å²) in [6.07, 6.45) is -4.44. The van der Waals surface area contributed by atoms with Gasteiger partial charge in [-0.15, -0.1) is 0 Å². The van der Waals surface area contributed by atoms with Gasteiger partial charge in [-0.05, 0) is 19.1 Å². The maximum Gasteiger partial charge on any atom is 0.419 e. The molecule has 0 aromatic heterocycles. The third-order valence-electron chi connectivity index (χ3n) is 2.20. The van der Waals surface area contributed by atoms with Gasteiger partial charge in [0.2, 0.25) is 0 Å². The van der Waals surface area contributed by atoms with E-state index in [4.69, 9.17) is 16.7 Å². The summed E-state index contributed by atoms with van der Waals surface area (Å²) >= 11 is 5.42. The van der Waals surface area contributed by atoms with E-state index in [0.717, 1.165) is 6.92 Å². The smallest absolute Gasteiger partial charge is 0.419 e. The van der Waals surface area contributed by atoms with Crippen molar-refractivity contribution in [2.75, 3.05) is 0 Å². The van der Waals surface area contributed by atoms with Crippen LogP contribution in [0.2, 0.25) is 5.02 Å². The predicted molar refractivity (Wildman–Crippen MR) is 57.7 cm³/mol. The molecule has 0 radical (unpaired) electrons. The van der Waals surface area contributed by atoms with E-state index >= 15 is 0 Å². The van der Waals surface area contributed by atoms with Crippen LogP contribution < -0.4 is 0 Å². The van der Waals surface area contributed by atoms with Gasteiger partial charge in [0.15, 0.2) is 11.6 Å². The fourth-order valence-electron chi connectivity index (χ4n) is 1.23. The van der Waals surface area contributed by atoms with Crippen LogP contribution >= 0.6 is 11.6 Å². The van der Waals surface area contributed by atoms with Gasteiger partial charge in [-0.25, -0.2) is 13.6 Å². The number of halogens is 6. The lowest BCUT2D eigenvalue weighted by molar-refractivity contribution is -0.140. The molecule has 0 unspecified atom stereocenters. The molecule has 1 rings (SSSR count). The number of alkyl halides is 3. The normalized spacial score (nSPS) is 12.7. The van der Waals surface area contributed by atoms with Crippen LogP contribution in [0.1, 0.15) is 18.1 Å². The first-order valence-electron chi connectivity index (χ1n) is 4.72. The highest BCUT2D eigenvalue weighted by molar-refractivity contribution is 6.32. The van der Waals surface area contributed by atoms with Gasteiger partial charge in [-0.3, -0.25) is 0 Å². The van der Waals surface area contributed by atoms with Crippen molar-refractivity contribution in [1.29, 1.82) is 0 Å². The molecule has 0 spiro atoms. The zero-order chi connectivity index (χ0) is 15.0. The van der Waals surface area contributed by atoms with E-state index in [2.05, 4.69) is 0 Å². The molecule has 0 amide bonds. The Balaban J connectivity index is 3.52. The van der Waals surface area contributed by atoms with Crippen molar-refractivity contribution in [1.82, 2.24) is 0 Å². The van der Waals surface area contributed by atoms with Crippen molar-refractivity contribution in [3.63, 3.8) is 0 Å². The van der Waals surface area contributed by atoms with Gasteiger partial charge in [0.25, 0.3) is 0 Å².